The van der Waals surface area contributed by atoms with Crippen molar-refractivity contribution in [2.24, 2.45) is 5.41 Å². The van der Waals surface area contributed by atoms with E-state index in [1.54, 1.807) is 6.92 Å². The van der Waals surface area contributed by atoms with E-state index in [4.69, 9.17) is 23.4 Å². The van der Waals surface area contributed by atoms with E-state index in [2.05, 4.69) is 50.4 Å². The number of methoxy groups -OCH3 is 1. The molecule has 0 atom stereocenters. The van der Waals surface area contributed by atoms with Crippen LogP contribution in [0.2, 0.25) is 5.04 Å². The third-order valence-corrected chi connectivity index (χ3v) is 11.6. The first kappa shape index (κ1) is 29.0. The molecule has 0 spiro atoms. The van der Waals surface area contributed by atoms with Crippen molar-refractivity contribution >= 4 is 30.6 Å². The van der Waals surface area contributed by atoms with Gasteiger partial charge in [0.2, 0.25) is 5.91 Å². The number of hydrogen-bond acceptors (Lipinski definition) is 7. The number of esters is 1. The fourth-order valence-corrected chi connectivity index (χ4v) is 9.29. The maximum atomic E-state index is 13.1. The Kier molecular flexibility index (Phi) is 10.0. The molecule has 1 saturated heterocycles. The lowest BCUT2D eigenvalue weighted by molar-refractivity contribution is -0.322. The third-order valence-electron chi connectivity index (χ3n) is 6.57. The first-order chi connectivity index (χ1) is 17.7. The van der Waals surface area contributed by atoms with Crippen molar-refractivity contribution in [2.75, 3.05) is 40.1 Å². The summed E-state index contributed by atoms with van der Waals surface area (Å²) in [5.41, 5.74) is -1.58. The standard InChI is InChI=1S/C28H39NO7Si/c1-6-33-25(31)28(20-34-26(32-5)35-21-28)24(30)29-18-13-19-36-37(27(2,3)4,22-14-9-7-10-15-22)23-16-11-8-12-17-23/h7-12,14-17,26H,6,13,18-21H2,1-5H3,(H,29,30). The van der Waals surface area contributed by atoms with E-state index in [0.29, 0.717) is 19.6 Å². The first-order valence-corrected chi connectivity index (χ1v) is 14.6. The van der Waals surface area contributed by atoms with Gasteiger partial charge in [-0.05, 0) is 28.8 Å². The van der Waals surface area contributed by atoms with E-state index in [-0.39, 0.29) is 24.9 Å². The summed E-state index contributed by atoms with van der Waals surface area (Å²) in [6, 6.07) is 20.8. The molecule has 1 heterocycles. The van der Waals surface area contributed by atoms with Crippen LogP contribution in [0.3, 0.4) is 0 Å². The van der Waals surface area contributed by atoms with Crippen molar-refractivity contribution in [1.29, 1.82) is 0 Å². The Labute approximate surface area is 220 Å². The van der Waals surface area contributed by atoms with Crippen LogP contribution in [0.1, 0.15) is 34.1 Å². The fraction of sp³-hybridized carbons (Fsp3) is 0.500. The minimum Gasteiger partial charge on any atom is -0.465 e. The lowest BCUT2D eigenvalue weighted by atomic mass is 9.88. The van der Waals surface area contributed by atoms with Crippen molar-refractivity contribution in [1.82, 2.24) is 5.32 Å². The number of carbonyl (C=O) groups excluding carboxylic acids is 2. The molecule has 2 aromatic carbocycles. The van der Waals surface area contributed by atoms with E-state index >= 15 is 0 Å². The zero-order valence-corrected chi connectivity index (χ0v) is 23.5. The molecule has 1 N–H and O–H groups in total. The quantitative estimate of drug-likeness (QED) is 0.207. The van der Waals surface area contributed by atoms with Gasteiger partial charge in [0.1, 0.15) is 0 Å². The van der Waals surface area contributed by atoms with Gasteiger partial charge < -0.3 is 28.7 Å². The summed E-state index contributed by atoms with van der Waals surface area (Å²) in [4.78, 5) is 25.8. The van der Waals surface area contributed by atoms with Gasteiger partial charge >= 0.3 is 5.97 Å². The molecule has 0 saturated carbocycles. The molecule has 37 heavy (non-hydrogen) atoms. The largest absolute Gasteiger partial charge is 0.465 e. The molecular formula is C28H39NO7Si. The SMILES string of the molecule is CCOC(=O)C1(C(=O)NCCCO[Si](c2ccccc2)(c2ccccc2)C(C)(C)C)COC(OC)OC1. The molecule has 0 unspecified atom stereocenters. The fourth-order valence-electron chi connectivity index (χ4n) is 4.69. The zero-order valence-electron chi connectivity index (χ0n) is 22.5. The van der Waals surface area contributed by atoms with E-state index in [0.717, 1.165) is 0 Å². The van der Waals surface area contributed by atoms with E-state index in [1.165, 1.54) is 17.5 Å². The smallest absolute Gasteiger partial charge is 0.326 e. The van der Waals surface area contributed by atoms with Gasteiger partial charge in [0.25, 0.3) is 14.8 Å². The maximum absolute atomic E-state index is 13.1. The summed E-state index contributed by atoms with van der Waals surface area (Å²) in [6.07, 6.45) is 0.567. The summed E-state index contributed by atoms with van der Waals surface area (Å²) in [5.74, 6) is -1.17. The molecule has 0 radical (unpaired) electrons. The number of carbonyl (C=O) groups is 2. The van der Waals surface area contributed by atoms with Crippen LogP contribution in [0.5, 0.6) is 0 Å². The van der Waals surface area contributed by atoms with Crippen molar-refractivity contribution in [3.05, 3.63) is 60.7 Å². The average Bonchev–Trinajstić information content (AvgIpc) is 2.91. The highest BCUT2D eigenvalue weighted by Gasteiger charge is 2.52. The van der Waals surface area contributed by atoms with E-state index < -0.39 is 32.1 Å². The number of amides is 1. The number of hydrogen-bond donors (Lipinski definition) is 1. The van der Waals surface area contributed by atoms with Crippen LogP contribution in [0, 0.1) is 5.41 Å². The summed E-state index contributed by atoms with van der Waals surface area (Å²) in [5, 5.41) is 5.12. The van der Waals surface area contributed by atoms with Crippen LogP contribution in [-0.2, 0) is 33.0 Å². The van der Waals surface area contributed by atoms with Gasteiger partial charge in [0, 0.05) is 20.3 Å². The van der Waals surface area contributed by atoms with Gasteiger partial charge in [-0.2, -0.15) is 0 Å². The van der Waals surface area contributed by atoms with Gasteiger partial charge in [-0.25, -0.2) is 0 Å². The zero-order chi connectivity index (χ0) is 26.9. The van der Waals surface area contributed by atoms with Crippen LogP contribution >= 0.6 is 0 Å². The number of benzene rings is 2. The number of nitrogens with one attached hydrogen (secondary N) is 1. The average molecular weight is 530 g/mol. The second kappa shape index (κ2) is 12.8. The summed E-state index contributed by atoms with van der Waals surface area (Å²) >= 11 is 0. The van der Waals surface area contributed by atoms with Crippen LogP contribution in [0.4, 0.5) is 0 Å². The van der Waals surface area contributed by atoms with Gasteiger partial charge in [0.05, 0.1) is 19.8 Å². The Morgan fingerprint density at radius 1 is 1.00 bits per heavy atom. The molecule has 1 aliphatic rings. The molecule has 1 amide bonds. The molecule has 1 aliphatic heterocycles. The predicted octanol–water partition coefficient (Wildman–Crippen LogP) is 2.60. The maximum Gasteiger partial charge on any atom is 0.326 e. The molecule has 0 aromatic heterocycles. The molecule has 0 bridgehead atoms. The lowest BCUT2D eigenvalue weighted by Gasteiger charge is -2.43. The Morgan fingerprint density at radius 2 is 1.54 bits per heavy atom. The van der Waals surface area contributed by atoms with Crippen LogP contribution in [0.15, 0.2) is 60.7 Å². The molecule has 202 valence electrons. The Hall–Kier alpha value is -2.56. The molecule has 3 rings (SSSR count). The second-order valence-corrected chi connectivity index (χ2v) is 14.4. The Bertz CT molecular complexity index is 963. The van der Waals surface area contributed by atoms with Crippen LogP contribution in [0.25, 0.3) is 0 Å². The Morgan fingerprint density at radius 3 is 2.00 bits per heavy atom. The minimum absolute atomic E-state index is 0.137. The third kappa shape index (κ3) is 6.30. The van der Waals surface area contributed by atoms with Crippen LogP contribution < -0.4 is 15.7 Å². The van der Waals surface area contributed by atoms with Crippen molar-refractivity contribution in [3.63, 3.8) is 0 Å². The number of ether oxygens (including phenoxy) is 4. The monoisotopic (exact) mass is 529 g/mol. The highest BCUT2D eigenvalue weighted by molar-refractivity contribution is 6.99. The molecular weight excluding hydrogens is 490 g/mol. The van der Waals surface area contributed by atoms with Crippen LogP contribution in [-0.4, -0.2) is 66.8 Å². The highest BCUT2D eigenvalue weighted by atomic mass is 28.4. The second-order valence-electron chi connectivity index (χ2n) is 10.1. The molecule has 9 heteroatoms. The normalized spacial score (nSPS) is 20.3. The predicted molar refractivity (Wildman–Crippen MR) is 143 cm³/mol. The van der Waals surface area contributed by atoms with Gasteiger partial charge in [0.15, 0.2) is 5.41 Å². The van der Waals surface area contributed by atoms with Gasteiger partial charge in [-0.3, -0.25) is 9.59 Å². The van der Waals surface area contributed by atoms with Gasteiger partial charge in [-0.1, -0.05) is 81.4 Å². The molecule has 1 fully saturated rings. The van der Waals surface area contributed by atoms with Crippen molar-refractivity contribution in [3.8, 4) is 0 Å². The minimum atomic E-state index is -2.65. The molecule has 8 nitrogen and oxygen atoms in total. The summed E-state index contributed by atoms with van der Waals surface area (Å²) in [7, 11) is -1.23. The van der Waals surface area contributed by atoms with Crippen molar-refractivity contribution < 1.29 is 33.0 Å². The Balaban J connectivity index is 1.71. The van der Waals surface area contributed by atoms with E-state index in [1.807, 2.05) is 36.4 Å². The highest BCUT2D eigenvalue weighted by Crippen LogP contribution is 2.36. The summed E-state index contributed by atoms with van der Waals surface area (Å²) < 4.78 is 27.9. The molecule has 0 aliphatic carbocycles. The van der Waals surface area contributed by atoms with E-state index in [9.17, 15) is 9.59 Å². The summed E-state index contributed by atoms with van der Waals surface area (Å²) in [6.45, 7) is 7.98. The molecule has 2 aromatic rings. The number of rotatable bonds is 11. The van der Waals surface area contributed by atoms with Crippen molar-refractivity contribution in [2.45, 2.75) is 45.6 Å². The first-order valence-electron chi connectivity index (χ1n) is 12.7. The van der Waals surface area contributed by atoms with Gasteiger partial charge in [-0.15, -0.1) is 0 Å². The topological polar surface area (TPSA) is 92.3 Å². The lowest BCUT2D eigenvalue weighted by Crippen LogP contribution is -2.66.